The molecule has 2 aromatic heterocycles. The van der Waals surface area contributed by atoms with Gasteiger partial charge in [-0.25, -0.2) is 4.79 Å². The van der Waals surface area contributed by atoms with E-state index in [2.05, 4.69) is 5.32 Å². The van der Waals surface area contributed by atoms with Crippen LogP contribution in [0.2, 0.25) is 4.34 Å². The molecular formula is C13H11ClN2O2S2. The van der Waals surface area contributed by atoms with Gasteiger partial charge < -0.3 is 5.32 Å². The molecule has 0 spiro atoms. The summed E-state index contributed by atoms with van der Waals surface area (Å²) in [5, 5.41) is 4.67. The van der Waals surface area contributed by atoms with Crippen molar-refractivity contribution in [2.24, 2.45) is 0 Å². The van der Waals surface area contributed by atoms with E-state index in [1.54, 1.807) is 13.0 Å². The molecule has 1 fully saturated rings. The Morgan fingerprint density at radius 2 is 2.15 bits per heavy atom. The number of urea groups is 1. The predicted molar refractivity (Wildman–Crippen MR) is 80.1 cm³/mol. The van der Waals surface area contributed by atoms with Gasteiger partial charge in [-0.15, -0.1) is 22.7 Å². The van der Waals surface area contributed by atoms with Gasteiger partial charge in [0, 0.05) is 9.75 Å². The minimum atomic E-state index is -0.966. The molecule has 4 nitrogen and oxygen atoms in total. The highest BCUT2D eigenvalue weighted by atomic mass is 35.5. The standard InChI is InChI=1S/C13H11ClN2O2S2/c1-13(9-3-2-6-19-9)11(17)16(12(18)15-13)7-8-4-5-10(14)20-8/h2-6H,7H2,1H3,(H,15,18)/t13-/m1/s1. The molecule has 0 saturated carbocycles. The molecule has 2 aromatic rings. The number of nitrogens with one attached hydrogen (secondary N) is 1. The molecule has 0 bridgehead atoms. The summed E-state index contributed by atoms with van der Waals surface area (Å²) in [6.07, 6.45) is 0. The van der Waals surface area contributed by atoms with Crippen LogP contribution in [0.1, 0.15) is 16.7 Å². The zero-order valence-electron chi connectivity index (χ0n) is 10.6. The zero-order chi connectivity index (χ0) is 14.3. The summed E-state index contributed by atoms with van der Waals surface area (Å²) in [6, 6.07) is 6.95. The highest BCUT2D eigenvalue weighted by molar-refractivity contribution is 7.16. The van der Waals surface area contributed by atoms with Crippen molar-refractivity contribution in [1.82, 2.24) is 10.2 Å². The van der Waals surface area contributed by atoms with Gasteiger partial charge in [-0.05, 0) is 30.5 Å². The molecule has 3 amide bonds. The van der Waals surface area contributed by atoms with Crippen molar-refractivity contribution in [1.29, 1.82) is 0 Å². The van der Waals surface area contributed by atoms with E-state index in [1.165, 1.54) is 27.6 Å². The number of imide groups is 1. The summed E-state index contributed by atoms with van der Waals surface area (Å²) >= 11 is 8.70. The Hall–Kier alpha value is -1.37. The van der Waals surface area contributed by atoms with Crippen LogP contribution in [0, 0.1) is 0 Å². The first-order chi connectivity index (χ1) is 9.50. The molecular weight excluding hydrogens is 316 g/mol. The summed E-state index contributed by atoms with van der Waals surface area (Å²) in [7, 11) is 0. The van der Waals surface area contributed by atoms with Gasteiger partial charge in [-0.1, -0.05) is 17.7 Å². The Labute approximate surface area is 129 Å². The third-order valence-corrected chi connectivity index (χ3v) is 5.54. The van der Waals surface area contributed by atoms with Crippen molar-refractivity contribution >= 4 is 46.2 Å². The fraction of sp³-hybridized carbons (Fsp3) is 0.231. The third-order valence-electron chi connectivity index (χ3n) is 3.23. The molecule has 1 aliphatic rings. The number of halogens is 1. The lowest BCUT2D eigenvalue weighted by Crippen LogP contribution is -2.40. The van der Waals surface area contributed by atoms with E-state index >= 15 is 0 Å². The second kappa shape index (κ2) is 4.87. The van der Waals surface area contributed by atoms with Gasteiger partial charge >= 0.3 is 6.03 Å². The van der Waals surface area contributed by atoms with E-state index in [-0.39, 0.29) is 18.5 Å². The Kier molecular flexibility index (Phi) is 3.32. The summed E-state index contributed by atoms with van der Waals surface area (Å²) in [4.78, 5) is 27.6. The van der Waals surface area contributed by atoms with E-state index in [1.807, 2.05) is 23.6 Å². The van der Waals surface area contributed by atoms with Crippen molar-refractivity contribution in [2.75, 3.05) is 0 Å². The first kappa shape index (κ1) is 13.6. The molecule has 1 saturated heterocycles. The van der Waals surface area contributed by atoms with Crippen LogP contribution < -0.4 is 5.32 Å². The van der Waals surface area contributed by atoms with Crippen molar-refractivity contribution < 1.29 is 9.59 Å². The number of carbonyl (C=O) groups is 2. The molecule has 0 aromatic carbocycles. The van der Waals surface area contributed by atoms with Gasteiger partial charge in [-0.2, -0.15) is 0 Å². The van der Waals surface area contributed by atoms with Gasteiger partial charge in [0.2, 0.25) is 0 Å². The lowest BCUT2D eigenvalue weighted by Gasteiger charge is -2.19. The fourth-order valence-electron chi connectivity index (χ4n) is 2.16. The van der Waals surface area contributed by atoms with E-state index in [0.717, 1.165) is 9.75 Å². The van der Waals surface area contributed by atoms with Crippen molar-refractivity contribution in [3.63, 3.8) is 0 Å². The van der Waals surface area contributed by atoms with E-state index in [4.69, 9.17) is 11.6 Å². The van der Waals surface area contributed by atoms with Crippen LogP contribution in [0.3, 0.4) is 0 Å². The van der Waals surface area contributed by atoms with Crippen molar-refractivity contribution in [2.45, 2.75) is 19.0 Å². The van der Waals surface area contributed by atoms with Crippen LogP contribution in [-0.4, -0.2) is 16.8 Å². The maximum absolute atomic E-state index is 12.6. The van der Waals surface area contributed by atoms with Gasteiger partial charge in [0.1, 0.15) is 0 Å². The molecule has 104 valence electrons. The summed E-state index contributed by atoms with van der Waals surface area (Å²) in [5.74, 6) is -0.227. The lowest BCUT2D eigenvalue weighted by atomic mass is 10.0. The van der Waals surface area contributed by atoms with Gasteiger partial charge in [0.25, 0.3) is 5.91 Å². The van der Waals surface area contributed by atoms with Crippen LogP contribution in [0.4, 0.5) is 4.79 Å². The van der Waals surface area contributed by atoms with Gasteiger partial charge in [0.15, 0.2) is 5.54 Å². The topological polar surface area (TPSA) is 49.4 Å². The molecule has 0 unspecified atom stereocenters. The largest absolute Gasteiger partial charge is 0.325 e. The lowest BCUT2D eigenvalue weighted by molar-refractivity contribution is -0.131. The molecule has 1 N–H and O–H groups in total. The number of hydrogen-bond donors (Lipinski definition) is 1. The number of amides is 3. The summed E-state index contributed by atoms with van der Waals surface area (Å²) < 4.78 is 0.646. The molecule has 20 heavy (non-hydrogen) atoms. The smallest absolute Gasteiger partial charge is 0.319 e. The molecule has 3 heterocycles. The Morgan fingerprint density at radius 3 is 2.75 bits per heavy atom. The molecule has 1 aliphatic heterocycles. The average molecular weight is 327 g/mol. The monoisotopic (exact) mass is 326 g/mol. The summed E-state index contributed by atoms with van der Waals surface area (Å²) in [5.41, 5.74) is -0.966. The first-order valence-corrected chi connectivity index (χ1v) is 8.00. The van der Waals surface area contributed by atoms with Crippen molar-refractivity contribution in [3.8, 4) is 0 Å². The van der Waals surface area contributed by atoms with Crippen LogP contribution in [0.25, 0.3) is 0 Å². The van der Waals surface area contributed by atoms with Crippen LogP contribution in [0.5, 0.6) is 0 Å². The number of carbonyl (C=O) groups excluding carboxylic acids is 2. The SMILES string of the molecule is C[C@]1(c2cccs2)NC(=O)N(Cc2ccc(Cl)s2)C1=O. The number of hydrogen-bond acceptors (Lipinski definition) is 4. The van der Waals surface area contributed by atoms with E-state index < -0.39 is 5.54 Å². The minimum Gasteiger partial charge on any atom is -0.319 e. The maximum Gasteiger partial charge on any atom is 0.325 e. The molecule has 1 atom stereocenters. The Bertz CT molecular complexity index is 668. The Morgan fingerprint density at radius 1 is 1.35 bits per heavy atom. The highest BCUT2D eigenvalue weighted by Crippen LogP contribution is 2.33. The van der Waals surface area contributed by atoms with Crippen LogP contribution in [0.15, 0.2) is 29.6 Å². The Balaban J connectivity index is 1.87. The number of rotatable bonds is 3. The fourth-order valence-corrected chi connectivity index (χ4v) is 4.07. The normalized spacial score (nSPS) is 22.4. The zero-order valence-corrected chi connectivity index (χ0v) is 12.9. The highest BCUT2D eigenvalue weighted by Gasteiger charge is 2.49. The minimum absolute atomic E-state index is 0.227. The number of nitrogens with zero attached hydrogens (tertiary/aromatic N) is 1. The second-order valence-corrected chi connectivity index (χ2v) is 7.38. The molecule has 7 heteroatoms. The predicted octanol–water partition coefficient (Wildman–Crippen LogP) is 3.43. The average Bonchev–Trinajstić information content (AvgIpc) is 3.09. The van der Waals surface area contributed by atoms with Gasteiger partial charge in [-0.3, -0.25) is 9.69 Å². The molecule has 0 radical (unpaired) electrons. The van der Waals surface area contributed by atoms with Crippen LogP contribution >= 0.6 is 34.3 Å². The van der Waals surface area contributed by atoms with Crippen LogP contribution in [-0.2, 0) is 16.9 Å². The first-order valence-electron chi connectivity index (χ1n) is 5.93. The maximum atomic E-state index is 12.6. The third kappa shape index (κ3) is 2.13. The molecule has 0 aliphatic carbocycles. The molecule has 3 rings (SSSR count). The summed E-state index contributed by atoms with van der Waals surface area (Å²) in [6.45, 7) is 1.99. The van der Waals surface area contributed by atoms with E-state index in [9.17, 15) is 9.59 Å². The van der Waals surface area contributed by atoms with Gasteiger partial charge in [0.05, 0.1) is 10.9 Å². The quantitative estimate of drug-likeness (QED) is 0.878. The van der Waals surface area contributed by atoms with Crippen molar-refractivity contribution in [3.05, 3.63) is 43.7 Å². The second-order valence-electron chi connectivity index (χ2n) is 4.63. The number of thiophene rings is 2. The van der Waals surface area contributed by atoms with E-state index in [0.29, 0.717) is 4.34 Å².